The minimum absolute atomic E-state index is 0.00124. The second-order valence-electron chi connectivity index (χ2n) is 6.26. The van der Waals surface area contributed by atoms with Crippen molar-refractivity contribution in [3.63, 3.8) is 0 Å². The van der Waals surface area contributed by atoms with E-state index in [4.69, 9.17) is 11.6 Å². The Kier molecular flexibility index (Phi) is 6.93. The molecule has 1 amide bonds. The Balaban J connectivity index is 1.66. The first kappa shape index (κ1) is 18.3. The zero-order valence-corrected chi connectivity index (χ0v) is 14.9. The average molecular weight is 355 g/mol. The lowest BCUT2D eigenvalue weighted by Crippen LogP contribution is -2.43. The number of piperidine rings is 1. The summed E-state index contributed by atoms with van der Waals surface area (Å²) in [5.74, 6) is 0.632. The molecule has 6 heteroatoms. The molecule has 1 saturated heterocycles. The van der Waals surface area contributed by atoms with E-state index in [9.17, 15) is 9.59 Å². The summed E-state index contributed by atoms with van der Waals surface area (Å²) in [4.78, 5) is 23.9. The molecule has 1 aliphatic heterocycles. The Labute approximate surface area is 146 Å². The number of benzene rings is 1. The summed E-state index contributed by atoms with van der Waals surface area (Å²) in [5, 5.41) is 6.94. The maximum atomic E-state index is 12.0. The summed E-state index contributed by atoms with van der Waals surface area (Å²) in [7, 11) is 0. The van der Waals surface area contributed by atoms with Gasteiger partial charge in [0.2, 0.25) is 5.91 Å². The molecule has 126 valence electrons. The standard InChI is InChI=1S/C17H23ClN2O2S/c1-17(6-8-19-9-7-17)12-20-16(22)11-23-10-15(21)13-2-4-14(18)5-3-13/h2-5,19H,6-12H2,1H3,(H,20,22). The number of nitrogens with one attached hydrogen (secondary N) is 2. The van der Waals surface area contributed by atoms with E-state index in [1.165, 1.54) is 11.8 Å². The Hall–Kier alpha value is -1.04. The van der Waals surface area contributed by atoms with Crippen LogP contribution in [-0.4, -0.2) is 42.8 Å². The molecule has 0 unspecified atom stereocenters. The average Bonchev–Trinajstić information content (AvgIpc) is 2.54. The fraction of sp³-hybridized carbons (Fsp3) is 0.529. The summed E-state index contributed by atoms with van der Waals surface area (Å²) in [6.07, 6.45) is 2.16. The zero-order valence-electron chi connectivity index (χ0n) is 13.4. The molecule has 0 atom stereocenters. The van der Waals surface area contributed by atoms with Crippen LogP contribution in [0, 0.1) is 5.41 Å². The van der Waals surface area contributed by atoms with Gasteiger partial charge in [-0.1, -0.05) is 18.5 Å². The lowest BCUT2D eigenvalue weighted by molar-refractivity contribution is -0.119. The third-order valence-electron chi connectivity index (χ3n) is 4.16. The molecule has 1 aliphatic rings. The van der Waals surface area contributed by atoms with Crippen molar-refractivity contribution < 1.29 is 9.59 Å². The second-order valence-corrected chi connectivity index (χ2v) is 7.68. The summed E-state index contributed by atoms with van der Waals surface area (Å²) in [5.41, 5.74) is 0.814. The van der Waals surface area contributed by atoms with Crippen LogP contribution < -0.4 is 10.6 Å². The van der Waals surface area contributed by atoms with Crippen LogP contribution in [0.4, 0.5) is 0 Å². The van der Waals surface area contributed by atoms with Gasteiger partial charge in [-0.05, 0) is 55.6 Å². The van der Waals surface area contributed by atoms with E-state index < -0.39 is 0 Å². The molecule has 1 heterocycles. The predicted molar refractivity (Wildman–Crippen MR) is 96.3 cm³/mol. The van der Waals surface area contributed by atoms with Crippen LogP contribution in [0.2, 0.25) is 5.02 Å². The zero-order chi connectivity index (χ0) is 16.7. The van der Waals surface area contributed by atoms with Gasteiger partial charge >= 0.3 is 0 Å². The molecule has 0 saturated carbocycles. The van der Waals surface area contributed by atoms with Gasteiger partial charge in [-0.25, -0.2) is 0 Å². The number of thioether (sulfide) groups is 1. The van der Waals surface area contributed by atoms with Crippen molar-refractivity contribution in [3.8, 4) is 0 Å². The number of halogens is 1. The highest BCUT2D eigenvalue weighted by Gasteiger charge is 2.26. The quantitative estimate of drug-likeness (QED) is 0.739. The number of carbonyl (C=O) groups is 2. The highest BCUT2D eigenvalue weighted by molar-refractivity contribution is 8.00. The number of hydrogen-bond acceptors (Lipinski definition) is 4. The molecule has 23 heavy (non-hydrogen) atoms. The van der Waals surface area contributed by atoms with Gasteiger partial charge < -0.3 is 10.6 Å². The first-order valence-electron chi connectivity index (χ1n) is 7.82. The van der Waals surface area contributed by atoms with Crippen molar-refractivity contribution >= 4 is 35.1 Å². The van der Waals surface area contributed by atoms with Crippen LogP contribution in [0.1, 0.15) is 30.1 Å². The largest absolute Gasteiger partial charge is 0.355 e. The fourth-order valence-electron chi connectivity index (χ4n) is 2.53. The van der Waals surface area contributed by atoms with Crippen LogP contribution in [0.15, 0.2) is 24.3 Å². The molecule has 1 aromatic rings. The third-order valence-corrected chi connectivity index (χ3v) is 5.34. The fourth-order valence-corrected chi connectivity index (χ4v) is 3.39. The van der Waals surface area contributed by atoms with Gasteiger partial charge in [0.25, 0.3) is 0 Å². The molecular weight excluding hydrogens is 332 g/mol. The van der Waals surface area contributed by atoms with Crippen molar-refractivity contribution in [1.29, 1.82) is 0 Å². The molecule has 0 bridgehead atoms. The second kappa shape index (κ2) is 8.71. The van der Waals surface area contributed by atoms with E-state index in [0.29, 0.717) is 28.6 Å². The Morgan fingerprint density at radius 3 is 2.52 bits per heavy atom. The highest BCUT2D eigenvalue weighted by Crippen LogP contribution is 2.26. The third kappa shape index (κ3) is 6.16. The minimum Gasteiger partial charge on any atom is -0.355 e. The lowest BCUT2D eigenvalue weighted by atomic mass is 9.81. The van der Waals surface area contributed by atoms with Gasteiger partial charge in [-0.3, -0.25) is 9.59 Å². The molecule has 0 aromatic heterocycles. The molecule has 0 radical (unpaired) electrons. The minimum atomic E-state index is -0.00124. The summed E-state index contributed by atoms with van der Waals surface area (Å²) < 4.78 is 0. The molecule has 1 fully saturated rings. The van der Waals surface area contributed by atoms with Gasteiger partial charge in [0.1, 0.15) is 0 Å². The first-order chi connectivity index (χ1) is 11.0. The maximum absolute atomic E-state index is 12.0. The summed E-state index contributed by atoms with van der Waals surface area (Å²) in [6, 6.07) is 6.82. The van der Waals surface area contributed by atoms with Crippen LogP contribution in [0.3, 0.4) is 0 Å². The topological polar surface area (TPSA) is 58.2 Å². The number of carbonyl (C=O) groups excluding carboxylic acids is 2. The van der Waals surface area contributed by atoms with Gasteiger partial charge in [0.15, 0.2) is 5.78 Å². The maximum Gasteiger partial charge on any atom is 0.230 e. The predicted octanol–water partition coefficient (Wildman–Crippen LogP) is 2.76. The molecular formula is C17H23ClN2O2S. The monoisotopic (exact) mass is 354 g/mol. The Morgan fingerprint density at radius 1 is 1.22 bits per heavy atom. The van der Waals surface area contributed by atoms with E-state index in [2.05, 4.69) is 17.6 Å². The molecule has 0 aliphatic carbocycles. The first-order valence-corrected chi connectivity index (χ1v) is 9.36. The summed E-state index contributed by atoms with van der Waals surface area (Å²) in [6.45, 7) is 4.94. The normalized spacial score (nSPS) is 16.8. The molecule has 2 N–H and O–H groups in total. The van der Waals surface area contributed by atoms with Crippen molar-refractivity contribution in [2.75, 3.05) is 31.1 Å². The number of rotatable bonds is 7. The lowest BCUT2D eigenvalue weighted by Gasteiger charge is -2.34. The van der Waals surface area contributed by atoms with Crippen LogP contribution >= 0.6 is 23.4 Å². The van der Waals surface area contributed by atoms with E-state index in [-0.39, 0.29) is 17.1 Å². The summed E-state index contributed by atoms with van der Waals surface area (Å²) >= 11 is 7.15. The number of Topliss-reactive ketones (excluding diaryl/α,β-unsaturated/α-hetero) is 1. The van der Waals surface area contributed by atoms with E-state index >= 15 is 0 Å². The van der Waals surface area contributed by atoms with Gasteiger partial charge in [-0.2, -0.15) is 0 Å². The van der Waals surface area contributed by atoms with Crippen LogP contribution in [0.25, 0.3) is 0 Å². The Bertz CT molecular complexity index is 542. The van der Waals surface area contributed by atoms with Crippen LogP contribution in [-0.2, 0) is 4.79 Å². The van der Waals surface area contributed by atoms with Crippen molar-refractivity contribution in [3.05, 3.63) is 34.9 Å². The number of hydrogen-bond donors (Lipinski definition) is 2. The molecule has 4 nitrogen and oxygen atoms in total. The molecule has 0 spiro atoms. The van der Waals surface area contributed by atoms with E-state index in [0.717, 1.165) is 25.9 Å². The van der Waals surface area contributed by atoms with Gasteiger partial charge in [0, 0.05) is 17.1 Å². The van der Waals surface area contributed by atoms with Crippen molar-refractivity contribution in [2.45, 2.75) is 19.8 Å². The number of ketones is 1. The number of amides is 1. The van der Waals surface area contributed by atoms with Crippen molar-refractivity contribution in [2.24, 2.45) is 5.41 Å². The Morgan fingerprint density at radius 2 is 1.87 bits per heavy atom. The molecule has 1 aromatic carbocycles. The van der Waals surface area contributed by atoms with Gasteiger partial charge in [0.05, 0.1) is 11.5 Å². The SMILES string of the molecule is CC1(CNC(=O)CSCC(=O)c2ccc(Cl)cc2)CCNCC1. The smallest absolute Gasteiger partial charge is 0.230 e. The van der Waals surface area contributed by atoms with E-state index in [1.54, 1.807) is 24.3 Å². The van der Waals surface area contributed by atoms with Crippen LogP contribution in [0.5, 0.6) is 0 Å². The highest BCUT2D eigenvalue weighted by atomic mass is 35.5. The molecule has 2 rings (SSSR count). The van der Waals surface area contributed by atoms with Gasteiger partial charge in [-0.15, -0.1) is 11.8 Å². The van der Waals surface area contributed by atoms with E-state index in [1.807, 2.05) is 0 Å². The van der Waals surface area contributed by atoms with Crippen molar-refractivity contribution in [1.82, 2.24) is 10.6 Å².